The van der Waals surface area contributed by atoms with Crippen LogP contribution in [0.4, 0.5) is 5.13 Å². The predicted molar refractivity (Wildman–Crippen MR) is 87.6 cm³/mol. The molecule has 0 aliphatic carbocycles. The van der Waals surface area contributed by atoms with Crippen molar-refractivity contribution in [3.8, 4) is 17.0 Å². The van der Waals surface area contributed by atoms with Gasteiger partial charge in [-0.25, -0.2) is 9.97 Å². The fourth-order valence-corrected chi connectivity index (χ4v) is 2.63. The van der Waals surface area contributed by atoms with E-state index in [0.29, 0.717) is 5.13 Å². The highest BCUT2D eigenvalue weighted by Gasteiger charge is 2.12. The Labute approximate surface area is 136 Å². The van der Waals surface area contributed by atoms with E-state index >= 15 is 0 Å². The molecule has 0 saturated heterocycles. The number of nitrogens with one attached hydrogen (secondary N) is 2. The van der Waals surface area contributed by atoms with Crippen LogP contribution in [0, 0.1) is 0 Å². The summed E-state index contributed by atoms with van der Waals surface area (Å²) in [6.45, 7) is 3.97. The van der Waals surface area contributed by atoms with E-state index in [1.807, 2.05) is 43.5 Å². The summed E-state index contributed by atoms with van der Waals surface area (Å²) in [4.78, 5) is 20.1. The fourth-order valence-electron chi connectivity index (χ4n) is 1.91. The van der Waals surface area contributed by atoms with Crippen LogP contribution in [-0.4, -0.2) is 32.2 Å². The Morgan fingerprint density at radius 2 is 2.09 bits per heavy atom. The van der Waals surface area contributed by atoms with Crippen LogP contribution in [0.5, 0.6) is 5.75 Å². The standard InChI is InChI=1S/C15H15N5O2S/c1-9(2)22-11-5-3-10(4-6-11)12-7-23-15(18-12)19-14(21)13-16-8-17-20-13/h3-9H,1-2H3,(H,16,17,20)(H,18,19,21). The predicted octanol–water partition coefficient (Wildman–Crippen LogP) is 2.97. The zero-order valence-electron chi connectivity index (χ0n) is 12.6. The number of amides is 1. The first kappa shape index (κ1) is 15.2. The molecule has 118 valence electrons. The maximum absolute atomic E-state index is 11.9. The lowest BCUT2D eigenvalue weighted by atomic mass is 10.2. The Bertz CT molecular complexity index is 781. The van der Waals surface area contributed by atoms with E-state index in [2.05, 4.69) is 25.5 Å². The maximum atomic E-state index is 11.9. The average Bonchev–Trinajstić information content (AvgIpc) is 3.18. The zero-order chi connectivity index (χ0) is 16.2. The molecule has 0 aliphatic rings. The number of benzene rings is 1. The molecule has 7 nitrogen and oxygen atoms in total. The smallest absolute Gasteiger partial charge is 0.294 e. The molecule has 0 saturated carbocycles. The largest absolute Gasteiger partial charge is 0.491 e. The number of hydrogen-bond acceptors (Lipinski definition) is 6. The first-order valence-corrected chi connectivity index (χ1v) is 7.89. The fraction of sp³-hybridized carbons (Fsp3) is 0.200. The van der Waals surface area contributed by atoms with Crippen molar-refractivity contribution in [1.29, 1.82) is 0 Å². The summed E-state index contributed by atoms with van der Waals surface area (Å²) in [5, 5.41) is 11.2. The second-order valence-corrected chi connectivity index (χ2v) is 5.88. The third-order valence-corrected chi connectivity index (χ3v) is 3.63. The van der Waals surface area contributed by atoms with Crippen molar-refractivity contribution in [2.75, 3.05) is 5.32 Å². The molecule has 0 atom stereocenters. The van der Waals surface area contributed by atoms with Gasteiger partial charge in [0.1, 0.15) is 12.1 Å². The van der Waals surface area contributed by atoms with E-state index in [-0.39, 0.29) is 17.8 Å². The van der Waals surface area contributed by atoms with Crippen LogP contribution in [0.3, 0.4) is 0 Å². The topological polar surface area (TPSA) is 92.8 Å². The van der Waals surface area contributed by atoms with E-state index in [4.69, 9.17) is 4.74 Å². The molecule has 0 spiro atoms. The zero-order valence-corrected chi connectivity index (χ0v) is 13.4. The molecule has 2 N–H and O–H groups in total. The molecule has 0 unspecified atom stereocenters. The van der Waals surface area contributed by atoms with E-state index < -0.39 is 0 Å². The molecule has 2 aromatic heterocycles. The molecule has 0 aliphatic heterocycles. The highest BCUT2D eigenvalue weighted by Crippen LogP contribution is 2.26. The Morgan fingerprint density at radius 3 is 2.74 bits per heavy atom. The van der Waals surface area contributed by atoms with E-state index in [9.17, 15) is 4.79 Å². The molecular weight excluding hydrogens is 314 g/mol. The van der Waals surface area contributed by atoms with Gasteiger partial charge >= 0.3 is 0 Å². The van der Waals surface area contributed by atoms with Crippen LogP contribution >= 0.6 is 11.3 Å². The molecular formula is C15H15N5O2S. The van der Waals surface area contributed by atoms with Crippen LogP contribution in [0.25, 0.3) is 11.3 Å². The van der Waals surface area contributed by atoms with E-state index in [1.54, 1.807) is 0 Å². The van der Waals surface area contributed by atoms with Crippen molar-refractivity contribution in [2.45, 2.75) is 20.0 Å². The average molecular weight is 329 g/mol. The van der Waals surface area contributed by atoms with Gasteiger partial charge in [0.2, 0.25) is 5.82 Å². The number of aromatic nitrogens is 4. The first-order chi connectivity index (χ1) is 11.1. The summed E-state index contributed by atoms with van der Waals surface area (Å²) in [5.41, 5.74) is 1.75. The third kappa shape index (κ3) is 3.72. The minimum atomic E-state index is -0.371. The summed E-state index contributed by atoms with van der Waals surface area (Å²) < 4.78 is 5.61. The number of anilines is 1. The van der Waals surface area contributed by atoms with Crippen molar-refractivity contribution in [3.63, 3.8) is 0 Å². The SMILES string of the molecule is CC(C)Oc1ccc(-c2csc(NC(=O)c3ncn[nH]3)n2)cc1. The van der Waals surface area contributed by atoms with Gasteiger partial charge in [-0.2, -0.15) is 5.10 Å². The van der Waals surface area contributed by atoms with Gasteiger partial charge in [0.25, 0.3) is 5.91 Å². The van der Waals surface area contributed by atoms with Crippen molar-refractivity contribution in [1.82, 2.24) is 20.2 Å². The summed E-state index contributed by atoms with van der Waals surface area (Å²) in [6, 6.07) is 7.69. The van der Waals surface area contributed by atoms with Gasteiger partial charge in [0.15, 0.2) is 5.13 Å². The number of nitrogens with zero attached hydrogens (tertiary/aromatic N) is 3. The molecule has 0 fully saturated rings. The molecule has 1 amide bonds. The van der Waals surface area contributed by atoms with Crippen LogP contribution in [-0.2, 0) is 0 Å². The quantitative estimate of drug-likeness (QED) is 0.750. The van der Waals surface area contributed by atoms with Gasteiger partial charge < -0.3 is 4.74 Å². The molecule has 3 aromatic rings. The van der Waals surface area contributed by atoms with Crippen LogP contribution in [0.1, 0.15) is 24.5 Å². The van der Waals surface area contributed by atoms with Gasteiger partial charge in [-0.05, 0) is 38.1 Å². The summed E-state index contributed by atoms with van der Waals surface area (Å²) in [7, 11) is 0. The van der Waals surface area contributed by atoms with Gasteiger partial charge in [-0.3, -0.25) is 15.2 Å². The summed E-state index contributed by atoms with van der Waals surface area (Å²) in [6.07, 6.45) is 1.42. The van der Waals surface area contributed by atoms with Crippen LogP contribution in [0.2, 0.25) is 0 Å². The lowest BCUT2D eigenvalue weighted by Gasteiger charge is -2.09. The number of thiazole rings is 1. The van der Waals surface area contributed by atoms with Gasteiger partial charge in [-0.1, -0.05) is 0 Å². The second-order valence-electron chi connectivity index (χ2n) is 5.02. The highest BCUT2D eigenvalue weighted by atomic mass is 32.1. The monoisotopic (exact) mass is 329 g/mol. The third-order valence-electron chi connectivity index (χ3n) is 2.88. The number of rotatable bonds is 5. The minimum Gasteiger partial charge on any atom is -0.491 e. The maximum Gasteiger partial charge on any atom is 0.294 e. The number of H-pyrrole nitrogens is 1. The second kappa shape index (κ2) is 6.57. The molecule has 3 rings (SSSR count). The van der Waals surface area contributed by atoms with Crippen molar-refractivity contribution >= 4 is 22.4 Å². The van der Waals surface area contributed by atoms with Gasteiger partial charge in [-0.15, -0.1) is 11.3 Å². The molecule has 23 heavy (non-hydrogen) atoms. The van der Waals surface area contributed by atoms with E-state index in [0.717, 1.165) is 17.0 Å². The molecule has 0 radical (unpaired) electrons. The first-order valence-electron chi connectivity index (χ1n) is 7.01. The normalized spacial score (nSPS) is 10.7. The molecule has 0 bridgehead atoms. The molecule has 1 aromatic carbocycles. The number of hydrogen-bond donors (Lipinski definition) is 2. The lowest BCUT2D eigenvalue weighted by molar-refractivity contribution is 0.101. The van der Waals surface area contributed by atoms with Crippen molar-refractivity contribution in [2.24, 2.45) is 0 Å². The number of aromatic amines is 1. The van der Waals surface area contributed by atoms with Crippen LogP contribution in [0.15, 0.2) is 36.0 Å². The Kier molecular flexibility index (Phi) is 4.33. The van der Waals surface area contributed by atoms with Crippen LogP contribution < -0.4 is 10.1 Å². The van der Waals surface area contributed by atoms with Crippen molar-refractivity contribution < 1.29 is 9.53 Å². The van der Waals surface area contributed by atoms with Gasteiger partial charge in [0.05, 0.1) is 11.8 Å². The highest BCUT2D eigenvalue weighted by molar-refractivity contribution is 7.14. The van der Waals surface area contributed by atoms with Crippen molar-refractivity contribution in [3.05, 3.63) is 41.8 Å². The Balaban J connectivity index is 1.70. The Morgan fingerprint density at radius 1 is 1.30 bits per heavy atom. The summed E-state index contributed by atoms with van der Waals surface area (Å²) >= 11 is 1.35. The molecule has 8 heteroatoms. The van der Waals surface area contributed by atoms with Gasteiger partial charge in [0, 0.05) is 10.9 Å². The number of carbonyl (C=O) groups is 1. The number of carbonyl (C=O) groups excluding carboxylic acids is 1. The van der Waals surface area contributed by atoms with E-state index in [1.165, 1.54) is 17.7 Å². The summed E-state index contributed by atoms with van der Waals surface area (Å²) in [5.74, 6) is 0.596. The lowest BCUT2D eigenvalue weighted by Crippen LogP contribution is -2.13. The molecule has 2 heterocycles. The minimum absolute atomic E-state index is 0.137. The number of ether oxygens (including phenoxy) is 1. The Hall–Kier alpha value is -2.74.